The van der Waals surface area contributed by atoms with Crippen LogP contribution in [0, 0.1) is 0 Å². The summed E-state index contributed by atoms with van der Waals surface area (Å²) in [6.45, 7) is 8.53. The molecule has 1 atom stereocenters. The van der Waals surface area contributed by atoms with E-state index in [0.29, 0.717) is 6.61 Å². The lowest BCUT2D eigenvalue weighted by Crippen LogP contribution is -2.09. The minimum Gasteiger partial charge on any atom is -0.368 e. The number of aromatic nitrogens is 1. The van der Waals surface area contributed by atoms with E-state index in [0.717, 1.165) is 17.0 Å². The first-order chi connectivity index (χ1) is 11.3. The standard InChI is InChI=1S/C18H20N2O.C2H6/c1-3-17(18-11-7-8-12-19-18)20-13-15(2)21-14-16-9-5-4-6-10-16;1-2/h3-13,15H,14H2,1-2H3;1-2H3/b17-3-,20-13?;. The molecule has 0 aliphatic heterocycles. The number of pyridine rings is 1. The van der Waals surface area contributed by atoms with Crippen molar-refractivity contribution in [2.45, 2.75) is 40.4 Å². The molecule has 0 N–H and O–H groups in total. The summed E-state index contributed by atoms with van der Waals surface area (Å²) in [7, 11) is 0. The van der Waals surface area contributed by atoms with Gasteiger partial charge in [0.25, 0.3) is 0 Å². The molecule has 0 saturated heterocycles. The highest BCUT2D eigenvalue weighted by Gasteiger charge is 2.02. The molecule has 0 bridgehead atoms. The summed E-state index contributed by atoms with van der Waals surface area (Å²) in [5, 5.41) is 0. The number of benzene rings is 1. The molecular formula is C20H26N2O. The van der Waals surface area contributed by atoms with E-state index in [-0.39, 0.29) is 6.10 Å². The Morgan fingerprint density at radius 2 is 1.83 bits per heavy atom. The molecule has 2 rings (SSSR count). The van der Waals surface area contributed by atoms with Crippen molar-refractivity contribution in [2.24, 2.45) is 4.99 Å². The summed E-state index contributed by atoms with van der Waals surface area (Å²) in [6.07, 6.45) is 5.48. The van der Waals surface area contributed by atoms with Crippen molar-refractivity contribution in [2.75, 3.05) is 0 Å². The molecule has 1 aromatic heterocycles. The van der Waals surface area contributed by atoms with Crippen LogP contribution >= 0.6 is 0 Å². The number of nitrogens with zero attached hydrogens (tertiary/aromatic N) is 2. The van der Waals surface area contributed by atoms with Gasteiger partial charge in [0, 0.05) is 12.4 Å². The maximum absolute atomic E-state index is 5.76. The zero-order valence-electron chi connectivity index (χ0n) is 14.4. The quantitative estimate of drug-likeness (QED) is 0.692. The normalized spacial score (nSPS) is 12.6. The van der Waals surface area contributed by atoms with Crippen LogP contribution in [0.2, 0.25) is 0 Å². The van der Waals surface area contributed by atoms with E-state index in [2.05, 4.69) is 22.1 Å². The van der Waals surface area contributed by atoms with Gasteiger partial charge in [-0.25, -0.2) is 0 Å². The van der Waals surface area contributed by atoms with Crippen molar-refractivity contribution < 1.29 is 4.74 Å². The summed E-state index contributed by atoms with van der Waals surface area (Å²) in [5.41, 5.74) is 2.88. The average molecular weight is 310 g/mol. The SMILES string of the molecule is C/C=C(\N=CC(C)OCc1ccccc1)c1ccccn1.CC. The molecule has 0 saturated carbocycles. The summed E-state index contributed by atoms with van der Waals surface area (Å²) in [4.78, 5) is 8.77. The summed E-state index contributed by atoms with van der Waals surface area (Å²) < 4.78 is 5.76. The van der Waals surface area contributed by atoms with Crippen molar-refractivity contribution in [3.05, 3.63) is 72.1 Å². The fourth-order valence-corrected chi connectivity index (χ4v) is 1.83. The van der Waals surface area contributed by atoms with Crippen LogP contribution < -0.4 is 0 Å². The lowest BCUT2D eigenvalue weighted by molar-refractivity contribution is 0.0991. The Balaban J connectivity index is 0.00000127. The third-order valence-corrected chi connectivity index (χ3v) is 2.98. The van der Waals surface area contributed by atoms with Gasteiger partial charge >= 0.3 is 0 Å². The van der Waals surface area contributed by atoms with Gasteiger partial charge in [0.15, 0.2) is 0 Å². The fraction of sp³-hybridized carbons (Fsp3) is 0.300. The fourth-order valence-electron chi connectivity index (χ4n) is 1.83. The van der Waals surface area contributed by atoms with Gasteiger partial charge in [0.2, 0.25) is 0 Å². The monoisotopic (exact) mass is 310 g/mol. The molecule has 0 aliphatic rings. The second kappa shape index (κ2) is 11.3. The molecular weight excluding hydrogens is 284 g/mol. The molecule has 0 amide bonds. The number of ether oxygens (including phenoxy) is 1. The molecule has 3 heteroatoms. The van der Waals surface area contributed by atoms with Crippen molar-refractivity contribution in [3.8, 4) is 0 Å². The lowest BCUT2D eigenvalue weighted by atomic mass is 10.2. The van der Waals surface area contributed by atoms with E-state index in [4.69, 9.17) is 4.74 Å². The Kier molecular flexibility index (Phi) is 9.25. The average Bonchev–Trinajstić information content (AvgIpc) is 2.64. The van der Waals surface area contributed by atoms with Gasteiger partial charge in [-0.2, -0.15) is 0 Å². The molecule has 0 fully saturated rings. The van der Waals surface area contributed by atoms with Gasteiger partial charge < -0.3 is 4.74 Å². The first-order valence-corrected chi connectivity index (χ1v) is 8.07. The Labute approximate surface area is 139 Å². The van der Waals surface area contributed by atoms with Crippen LogP contribution in [0.1, 0.15) is 39.0 Å². The van der Waals surface area contributed by atoms with Gasteiger partial charge in [-0.1, -0.05) is 56.3 Å². The van der Waals surface area contributed by atoms with Gasteiger partial charge in [-0.15, -0.1) is 0 Å². The smallest absolute Gasteiger partial charge is 0.0902 e. The minimum atomic E-state index is -0.0520. The van der Waals surface area contributed by atoms with E-state index < -0.39 is 0 Å². The third kappa shape index (κ3) is 7.02. The number of allylic oxidation sites excluding steroid dienone is 1. The Bertz CT molecular complexity index is 592. The van der Waals surface area contributed by atoms with Crippen LogP contribution in [0.25, 0.3) is 5.70 Å². The Morgan fingerprint density at radius 3 is 2.43 bits per heavy atom. The highest BCUT2D eigenvalue weighted by molar-refractivity contribution is 5.74. The predicted molar refractivity (Wildman–Crippen MR) is 98.4 cm³/mol. The van der Waals surface area contributed by atoms with Gasteiger partial charge in [-0.05, 0) is 31.5 Å². The molecule has 23 heavy (non-hydrogen) atoms. The molecule has 0 spiro atoms. The third-order valence-electron chi connectivity index (χ3n) is 2.98. The molecule has 1 aromatic carbocycles. The largest absolute Gasteiger partial charge is 0.368 e. The van der Waals surface area contributed by atoms with Crippen LogP contribution in [-0.2, 0) is 11.3 Å². The van der Waals surface area contributed by atoms with Crippen LogP contribution in [0.4, 0.5) is 0 Å². The van der Waals surface area contributed by atoms with Gasteiger partial charge in [-0.3, -0.25) is 9.98 Å². The second-order valence-corrected chi connectivity index (χ2v) is 4.67. The zero-order valence-corrected chi connectivity index (χ0v) is 14.4. The number of hydrogen-bond donors (Lipinski definition) is 0. The molecule has 1 heterocycles. The highest BCUT2D eigenvalue weighted by Crippen LogP contribution is 2.12. The van der Waals surface area contributed by atoms with Crippen LogP contribution in [0.3, 0.4) is 0 Å². The minimum absolute atomic E-state index is 0.0520. The van der Waals surface area contributed by atoms with E-state index in [9.17, 15) is 0 Å². The predicted octanol–water partition coefficient (Wildman–Crippen LogP) is 5.14. The van der Waals surface area contributed by atoms with Crippen LogP contribution in [0.15, 0.2) is 65.8 Å². The summed E-state index contributed by atoms with van der Waals surface area (Å²) in [6, 6.07) is 15.9. The number of aliphatic imine (C=N–C) groups is 1. The van der Waals surface area contributed by atoms with E-state index in [1.165, 1.54) is 0 Å². The molecule has 0 aliphatic carbocycles. The maximum Gasteiger partial charge on any atom is 0.0902 e. The first kappa shape index (κ1) is 18.8. The van der Waals surface area contributed by atoms with Gasteiger partial charge in [0.05, 0.1) is 24.1 Å². The molecule has 1 unspecified atom stereocenters. The van der Waals surface area contributed by atoms with Crippen LogP contribution in [0.5, 0.6) is 0 Å². The maximum atomic E-state index is 5.76. The topological polar surface area (TPSA) is 34.5 Å². The van der Waals surface area contributed by atoms with E-state index in [1.807, 2.05) is 76.4 Å². The summed E-state index contributed by atoms with van der Waals surface area (Å²) in [5.74, 6) is 0. The molecule has 3 nitrogen and oxygen atoms in total. The van der Waals surface area contributed by atoms with Crippen molar-refractivity contribution in [1.82, 2.24) is 4.98 Å². The Morgan fingerprint density at radius 1 is 1.13 bits per heavy atom. The van der Waals surface area contributed by atoms with Crippen LogP contribution in [-0.4, -0.2) is 17.3 Å². The van der Waals surface area contributed by atoms with Crippen molar-refractivity contribution in [3.63, 3.8) is 0 Å². The Hall–Kier alpha value is -2.26. The number of rotatable bonds is 6. The molecule has 0 radical (unpaired) electrons. The molecule has 2 aromatic rings. The highest BCUT2D eigenvalue weighted by atomic mass is 16.5. The van der Waals surface area contributed by atoms with Gasteiger partial charge in [0.1, 0.15) is 0 Å². The van der Waals surface area contributed by atoms with Crippen molar-refractivity contribution in [1.29, 1.82) is 0 Å². The lowest BCUT2D eigenvalue weighted by Gasteiger charge is -2.08. The summed E-state index contributed by atoms with van der Waals surface area (Å²) >= 11 is 0. The second-order valence-electron chi connectivity index (χ2n) is 4.67. The van der Waals surface area contributed by atoms with Crippen molar-refractivity contribution >= 4 is 11.9 Å². The first-order valence-electron chi connectivity index (χ1n) is 8.07. The number of hydrogen-bond acceptors (Lipinski definition) is 3. The molecule has 122 valence electrons. The zero-order chi connectivity index (χ0) is 16.9. The van der Waals surface area contributed by atoms with E-state index in [1.54, 1.807) is 6.20 Å². The van der Waals surface area contributed by atoms with E-state index >= 15 is 0 Å².